The Morgan fingerprint density at radius 2 is 1.83 bits per heavy atom. The number of hydrogen-bond donors (Lipinski definition) is 1. The summed E-state index contributed by atoms with van der Waals surface area (Å²) in [5, 5.41) is 0.921. The lowest BCUT2D eigenvalue weighted by Crippen LogP contribution is -2.42. The van der Waals surface area contributed by atoms with Crippen LogP contribution in [0.1, 0.15) is 24.4 Å². The molecule has 2 fully saturated rings. The molecule has 2 N–H and O–H groups in total. The molecule has 2 aliphatic rings. The number of rotatable bonds is 7. The van der Waals surface area contributed by atoms with Gasteiger partial charge in [0.2, 0.25) is 0 Å². The molecule has 2 aromatic heterocycles. The third kappa shape index (κ3) is 4.61. The van der Waals surface area contributed by atoms with E-state index in [0.29, 0.717) is 24.4 Å². The number of fused-ring (bicyclic) bond motifs is 1. The minimum Gasteiger partial charge on any atom is -0.489 e. The first-order valence-corrected chi connectivity index (χ1v) is 12.4. The summed E-state index contributed by atoms with van der Waals surface area (Å²) in [7, 11) is 0. The van der Waals surface area contributed by atoms with E-state index >= 15 is 0 Å². The Hall–Kier alpha value is -3.42. The van der Waals surface area contributed by atoms with Gasteiger partial charge in [0.15, 0.2) is 0 Å². The molecule has 180 valence electrons. The highest BCUT2D eigenvalue weighted by molar-refractivity contribution is 6.00. The van der Waals surface area contributed by atoms with Crippen molar-refractivity contribution < 1.29 is 9.47 Å². The van der Waals surface area contributed by atoms with Crippen molar-refractivity contribution in [2.45, 2.75) is 25.5 Å². The number of morpholine rings is 1. The molecule has 0 amide bonds. The molecule has 1 aliphatic carbocycles. The minimum atomic E-state index is 0.434. The second-order valence-corrected chi connectivity index (χ2v) is 9.61. The molecule has 7 heteroatoms. The number of ether oxygens (including phenoxy) is 2. The fourth-order valence-corrected chi connectivity index (χ4v) is 5.33. The first-order valence-electron chi connectivity index (χ1n) is 12.4. The van der Waals surface area contributed by atoms with E-state index < -0.39 is 0 Å². The van der Waals surface area contributed by atoms with Crippen molar-refractivity contribution in [3.63, 3.8) is 0 Å². The predicted molar refractivity (Wildman–Crippen MR) is 137 cm³/mol. The van der Waals surface area contributed by atoms with Crippen LogP contribution in [0.5, 0.6) is 5.75 Å². The maximum absolute atomic E-state index is 6.38. The summed E-state index contributed by atoms with van der Waals surface area (Å²) < 4.78 is 13.9. The van der Waals surface area contributed by atoms with Crippen molar-refractivity contribution >= 4 is 16.9 Å². The summed E-state index contributed by atoms with van der Waals surface area (Å²) in [5.74, 6) is 2.06. The van der Waals surface area contributed by atoms with Crippen molar-refractivity contribution in [1.82, 2.24) is 19.4 Å². The lowest BCUT2D eigenvalue weighted by Gasteiger charge is -2.40. The van der Waals surface area contributed by atoms with E-state index in [0.717, 1.165) is 79.2 Å². The monoisotopic (exact) mass is 469 g/mol. The number of nitrogen functional groups attached to an aromatic ring is 1. The molecule has 2 aromatic carbocycles. The largest absolute Gasteiger partial charge is 0.489 e. The maximum Gasteiger partial charge on any atom is 0.146 e. The zero-order valence-corrected chi connectivity index (χ0v) is 19.8. The molecule has 0 unspecified atom stereocenters. The average molecular weight is 470 g/mol. The Bertz CT molecular complexity index is 1290. The average Bonchev–Trinajstić information content (AvgIpc) is 3.27. The maximum atomic E-state index is 6.38. The van der Waals surface area contributed by atoms with Crippen LogP contribution in [0.4, 0.5) is 5.82 Å². The van der Waals surface area contributed by atoms with E-state index in [4.69, 9.17) is 15.2 Å². The molecule has 4 aromatic rings. The molecule has 7 nitrogen and oxygen atoms in total. The lowest BCUT2D eigenvalue weighted by molar-refractivity contribution is 0.0182. The van der Waals surface area contributed by atoms with Gasteiger partial charge >= 0.3 is 0 Å². The molecule has 0 spiro atoms. The standard InChI is InChI=1S/C28H31N5O2/c29-27-26-25(22-7-4-8-24(15-22)35-18-20-5-2-1-3-6-20)17-33(28(26)31-19-30-27)23-13-21(14-23)16-32-9-11-34-12-10-32/h1-8,15,17,19,21,23H,9-14,16,18H2,(H2,29,30,31)/t21-,23-. The zero-order valence-electron chi connectivity index (χ0n) is 19.8. The summed E-state index contributed by atoms with van der Waals surface area (Å²) >= 11 is 0. The van der Waals surface area contributed by atoms with E-state index in [1.165, 1.54) is 0 Å². The fourth-order valence-electron chi connectivity index (χ4n) is 5.33. The molecule has 1 saturated heterocycles. The Balaban J connectivity index is 1.23. The molecule has 1 saturated carbocycles. The van der Waals surface area contributed by atoms with Gasteiger partial charge in [-0.25, -0.2) is 9.97 Å². The molecule has 0 radical (unpaired) electrons. The Morgan fingerprint density at radius 3 is 2.66 bits per heavy atom. The number of benzene rings is 2. The van der Waals surface area contributed by atoms with Gasteiger partial charge in [0.05, 0.1) is 18.6 Å². The van der Waals surface area contributed by atoms with E-state index in [1.54, 1.807) is 6.33 Å². The van der Waals surface area contributed by atoms with E-state index in [1.807, 2.05) is 30.3 Å². The smallest absolute Gasteiger partial charge is 0.146 e. The molecule has 35 heavy (non-hydrogen) atoms. The molecule has 1 aliphatic heterocycles. The van der Waals surface area contributed by atoms with Gasteiger partial charge < -0.3 is 19.8 Å². The van der Waals surface area contributed by atoms with Gasteiger partial charge in [-0.15, -0.1) is 0 Å². The van der Waals surface area contributed by atoms with Gasteiger partial charge in [0.25, 0.3) is 0 Å². The van der Waals surface area contributed by atoms with Crippen molar-refractivity contribution in [1.29, 1.82) is 0 Å². The van der Waals surface area contributed by atoms with Crippen LogP contribution in [-0.2, 0) is 11.3 Å². The molecule has 3 heterocycles. The number of nitrogens with zero attached hydrogens (tertiary/aromatic N) is 4. The third-order valence-electron chi connectivity index (χ3n) is 7.26. The van der Waals surface area contributed by atoms with Crippen LogP contribution in [0.2, 0.25) is 0 Å². The van der Waals surface area contributed by atoms with Gasteiger partial charge in [-0.3, -0.25) is 4.90 Å². The first-order chi connectivity index (χ1) is 17.2. The highest BCUT2D eigenvalue weighted by atomic mass is 16.5. The number of anilines is 1. The SMILES string of the molecule is Nc1ncnc2c1c(-c1cccc(OCc3ccccc3)c1)cn2[C@H]1C[C@H](CN2CCOCC2)C1. The van der Waals surface area contributed by atoms with E-state index in [-0.39, 0.29) is 0 Å². The Morgan fingerprint density at radius 1 is 1.00 bits per heavy atom. The normalized spacial score (nSPS) is 20.6. The fraction of sp³-hybridized carbons (Fsp3) is 0.357. The quantitative estimate of drug-likeness (QED) is 0.428. The summed E-state index contributed by atoms with van der Waals surface area (Å²) in [6.45, 7) is 5.49. The second-order valence-electron chi connectivity index (χ2n) is 9.61. The van der Waals surface area contributed by atoms with Crippen LogP contribution in [0.25, 0.3) is 22.2 Å². The molecule has 0 atom stereocenters. The van der Waals surface area contributed by atoms with Gasteiger partial charge in [-0.05, 0) is 42.0 Å². The van der Waals surface area contributed by atoms with Crippen LogP contribution in [-0.4, -0.2) is 52.3 Å². The van der Waals surface area contributed by atoms with Gasteiger partial charge in [-0.1, -0.05) is 42.5 Å². The highest BCUT2D eigenvalue weighted by Crippen LogP contribution is 2.43. The number of nitrogens with two attached hydrogens (primary N) is 1. The molecule has 0 bridgehead atoms. The van der Waals surface area contributed by atoms with E-state index in [2.05, 4.69) is 49.9 Å². The topological polar surface area (TPSA) is 78.4 Å². The van der Waals surface area contributed by atoms with Crippen molar-refractivity contribution in [2.24, 2.45) is 5.92 Å². The zero-order chi connectivity index (χ0) is 23.6. The Kier molecular flexibility index (Phi) is 6.10. The molecule has 6 rings (SSSR count). The number of hydrogen-bond acceptors (Lipinski definition) is 6. The lowest BCUT2D eigenvalue weighted by atomic mass is 9.79. The van der Waals surface area contributed by atoms with Crippen molar-refractivity contribution in [2.75, 3.05) is 38.6 Å². The van der Waals surface area contributed by atoms with Crippen molar-refractivity contribution in [3.05, 3.63) is 72.7 Å². The van der Waals surface area contributed by atoms with Gasteiger partial charge in [0.1, 0.15) is 30.1 Å². The summed E-state index contributed by atoms with van der Waals surface area (Å²) in [4.78, 5) is 11.5. The van der Waals surface area contributed by atoms with Crippen LogP contribution in [0.3, 0.4) is 0 Å². The predicted octanol–water partition coefficient (Wildman–Crippen LogP) is 4.54. The Labute approximate surface area is 205 Å². The van der Waals surface area contributed by atoms with E-state index in [9.17, 15) is 0 Å². The van der Waals surface area contributed by atoms with Crippen LogP contribution in [0.15, 0.2) is 67.1 Å². The van der Waals surface area contributed by atoms with Crippen LogP contribution in [0, 0.1) is 5.92 Å². The highest BCUT2D eigenvalue weighted by Gasteiger charge is 2.33. The summed E-state index contributed by atoms with van der Waals surface area (Å²) in [6.07, 6.45) is 6.10. The van der Waals surface area contributed by atoms with Crippen LogP contribution >= 0.6 is 0 Å². The number of aromatic nitrogens is 3. The minimum absolute atomic E-state index is 0.434. The van der Waals surface area contributed by atoms with Gasteiger partial charge in [0, 0.05) is 37.4 Å². The van der Waals surface area contributed by atoms with Crippen LogP contribution < -0.4 is 10.5 Å². The molecular formula is C28H31N5O2. The van der Waals surface area contributed by atoms with Gasteiger partial charge in [-0.2, -0.15) is 0 Å². The summed E-state index contributed by atoms with van der Waals surface area (Å²) in [5.41, 5.74) is 10.5. The molecular weight excluding hydrogens is 438 g/mol. The summed E-state index contributed by atoms with van der Waals surface area (Å²) in [6, 6.07) is 18.8. The third-order valence-corrected chi connectivity index (χ3v) is 7.26. The van der Waals surface area contributed by atoms with Crippen molar-refractivity contribution in [3.8, 4) is 16.9 Å². The second kappa shape index (κ2) is 9.68. The first kappa shape index (κ1) is 22.1.